The summed E-state index contributed by atoms with van der Waals surface area (Å²) in [7, 11) is 1.55. The summed E-state index contributed by atoms with van der Waals surface area (Å²) in [5.74, 6) is 1.12. The minimum Gasteiger partial charge on any atom is -0.495 e. The lowest BCUT2D eigenvalue weighted by atomic mass is 10.2. The average Bonchev–Trinajstić information content (AvgIpc) is 2.61. The molecule has 0 saturated carbocycles. The van der Waals surface area contributed by atoms with E-state index in [9.17, 15) is 4.79 Å². The monoisotopic (exact) mass is 387 g/mol. The Morgan fingerprint density at radius 3 is 2.73 bits per heavy atom. The van der Waals surface area contributed by atoms with Crippen LogP contribution in [0.1, 0.15) is 12.7 Å². The topological polar surface area (TPSA) is 64.1 Å². The molecule has 134 valence electrons. The quantitative estimate of drug-likeness (QED) is 0.507. The predicted molar refractivity (Wildman–Crippen MR) is 106 cm³/mol. The van der Waals surface area contributed by atoms with Crippen LogP contribution in [-0.2, 0) is 4.79 Å². The Morgan fingerprint density at radius 1 is 1.23 bits per heavy atom. The maximum atomic E-state index is 12.6. The van der Waals surface area contributed by atoms with E-state index in [1.165, 1.54) is 11.8 Å². The number of thioether (sulfide) groups is 1. The zero-order chi connectivity index (χ0) is 18.7. The third kappa shape index (κ3) is 4.08. The molecule has 5 nitrogen and oxygen atoms in total. The second-order valence-corrected chi connectivity index (χ2v) is 7.43. The van der Waals surface area contributed by atoms with Crippen molar-refractivity contribution < 1.29 is 9.53 Å². The van der Waals surface area contributed by atoms with Gasteiger partial charge in [-0.1, -0.05) is 41.6 Å². The Labute approximate surface area is 161 Å². The lowest BCUT2D eigenvalue weighted by molar-refractivity contribution is -0.115. The summed E-state index contributed by atoms with van der Waals surface area (Å²) >= 11 is 7.51. The second-order valence-electron chi connectivity index (χ2n) is 5.69. The minimum absolute atomic E-state index is 0.128. The lowest BCUT2D eigenvalue weighted by Crippen LogP contribution is -2.22. The zero-order valence-electron chi connectivity index (χ0n) is 14.6. The number of ether oxygens (including phenoxy) is 1. The van der Waals surface area contributed by atoms with E-state index >= 15 is 0 Å². The van der Waals surface area contributed by atoms with Crippen LogP contribution >= 0.6 is 23.4 Å². The number of carbonyl (C=O) groups excluding carboxylic acids is 1. The van der Waals surface area contributed by atoms with Gasteiger partial charge in [-0.2, -0.15) is 0 Å². The molecule has 3 rings (SSSR count). The molecule has 3 aromatic rings. The first-order valence-corrected chi connectivity index (χ1v) is 9.28. The van der Waals surface area contributed by atoms with E-state index < -0.39 is 0 Å². The number of fused-ring (bicyclic) bond motifs is 1. The van der Waals surface area contributed by atoms with Crippen LogP contribution < -0.4 is 10.1 Å². The number of amides is 1. The van der Waals surface area contributed by atoms with Crippen molar-refractivity contribution in [3.05, 3.63) is 53.3 Å². The van der Waals surface area contributed by atoms with Gasteiger partial charge in [-0.05, 0) is 38.1 Å². The molecular formula is C19H18ClN3O2S. The molecule has 7 heteroatoms. The first-order valence-electron chi connectivity index (χ1n) is 8.02. The molecule has 1 amide bonds. The maximum absolute atomic E-state index is 12.6. The molecule has 1 atom stereocenters. The highest BCUT2D eigenvalue weighted by molar-refractivity contribution is 8.00. The number of halogens is 1. The van der Waals surface area contributed by atoms with Crippen molar-refractivity contribution in [2.24, 2.45) is 0 Å². The van der Waals surface area contributed by atoms with E-state index in [2.05, 4.69) is 15.3 Å². The Morgan fingerprint density at radius 2 is 2.00 bits per heavy atom. The number of hydrogen-bond donors (Lipinski definition) is 1. The molecule has 0 saturated heterocycles. The molecule has 0 fully saturated rings. The van der Waals surface area contributed by atoms with Crippen LogP contribution in [0.3, 0.4) is 0 Å². The summed E-state index contributed by atoms with van der Waals surface area (Å²) in [6.45, 7) is 3.69. The van der Waals surface area contributed by atoms with Crippen molar-refractivity contribution in [1.82, 2.24) is 9.97 Å². The third-order valence-electron chi connectivity index (χ3n) is 3.76. The summed E-state index contributed by atoms with van der Waals surface area (Å²) < 4.78 is 5.12. The number of aryl methyl sites for hydroxylation is 1. The molecule has 0 radical (unpaired) electrons. The van der Waals surface area contributed by atoms with Crippen LogP contribution in [0.15, 0.2) is 47.5 Å². The molecule has 26 heavy (non-hydrogen) atoms. The van der Waals surface area contributed by atoms with Crippen LogP contribution in [-0.4, -0.2) is 28.2 Å². The number of anilines is 1. The van der Waals surface area contributed by atoms with Crippen molar-refractivity contribution >= 4 is 45.9 Å². The molecule has 0 bridgehead atoms. The Bertz CT molecular complexity index is 965. The molecule has 0 aliphatic heterocycles. The number of methoxy groups -OCH3 is 1. The van der Waals surface area contributed by atoms with Crippen LogP contribution in [0, 0.1) is 6.92 Å². The van der Waals surface area contributed by atoms with Crippen molar-refractivity contribution in [2.75, 3.05) is 12.4 Å². The number of hydrogen-bond acceptors (Lipinski definition) is 5. The normalized spacial score (nSPS) is 12.0. The van der Waals surface area contributed by atoms with Gasteiger partial charge in [0.15, 0.2) is 0 Å². The summed E-state index contributed by atoms with van der Waals surface area (Å²) in [6.07, 6.45) is 0. The van der Waals surface area contributed by atoms with Gasteiger partial charge < -0.3 is 10.1 Å². The lowest BCUT2D eigenvalue weighted by Gasteiger charge is -2.14. The van der Waals surface area contributed by atoms with Crippen molar-refractivity contribution in [2.45, 2.75) is 24.1 Å². The van der Waals surface area contributed by atoms with Crippen LogP contribution in [0.5, 0.6) is 5.75 Å². The summed E-state index contributed by atoms with van der Waals surface area (Å²) in [5, 5.41) is 4.72. The van der Waals surface area contributed by atoms with Crippen LogP contribution in [0.4, 0.5) is 5.69 Å². The Balaban J connectivity index is 1.77. The average molecular weight is 388 g/mol. The van der Waals surface area contributed by atoms with Gasteiger partial charge in [0.2, 0.25) is 5.91 Å². The molecule has 1 heterocycles. The van der Waals surface area contributed by atoms with E-state index in [1.807, 2.05) is 38.1 Å². The molecule has 1 aromatic heterocycles. The molecule has 0 aliphatic carbocycles. The molecule has 0 aliphatic rings. The molecule has 0 spiro atoms. The standard InChI is InChI=1S/C19H18ClN3O2S/c1-11(18(24)23-13-8-9-17(25-3)15(20)10-13)26-19-14-6-4-5-7-16(14)21-12(2)22-19/h4-11H,1-3H3,(H,23,24)/t11-/m0/s1. The van der Waals surface area contributed by atoms with Gasteiger partial charge in [0.25, 0.3) is 0 Å². The fourth-order valence-electron chi connectivity index (χ4n) is 2.46. The van der Waals surface area contributed by atoms with Gasteiger partial charge in [-0.3, -0.25) is 4.79 Å². The number of aromatic nitrogens is 2. The van der Waals surface area contributed by atoms with Gasteiger partial charge in [0, 0.05) is 11.1 Å². The fourth-order valence-corrected chi connectivity index (χ4v) is 3.70. The number of rotatable bonds is 5. The minimum atomic E-state index is -0.339. The Kier molecular flexibility index (Phi) is 5.64. The number of carbonyl (C=O) groups is 1. The molecular weight excluding hydrogens is 370 g/mol. The molecule has 1 N–H and O–H groups in total. The summed E-state index contributed by atoms with van der Waals surface area (Å²) in [6, 6.07) is 12.9. The first-order chi connectivity index (χ1) is 12.5. The van der Waals surface area contributed by atoms with Gasteiger partial charge >= 0.3 is 0 Å². The molecule has 2 aromatic carbocycles. The Hall–Kier alpha value is -2.31. The predicted octanol–water partition coefficient (Wildman–Crippen LogP) is 4.72. The van der Waals surface area contributed by atoms with Crippen LogP contribution in [0.2, 0.25) is 5.02 Å². The van der Waals surface area contributed by atoms with Gasteiger partial charge in [-0.15, -0.1) is 0 Å². The van der Waals surface area contributed by atoms with Gasteiger partial charge in [-0.25, -0.2) is 9.97 Å². The van der Waals surface area contributed by atoms with Crippen molar-refractivity contribution in [3.8, 4) is 5.75 Å². The third-order valence-corrected chi connectivity index (χ3v) is 5.15. The van der Waals surface area contributed by atoms with E-state index in [1.54, 1.807) is 25.3 Å². The smallest absolute Gasteiger partial charge is 0.237 e. The van der Waals surface area contributed by atoms with E-state index in [-0.39, 0.29) is 11.2 Å². The summed E-state index contributed by atoms with van der Waals surface area (Å²) in [5.41, 5.74) is 1.49. The van der Waals surface area contributed by atoms with Crippen LogP contribution in [0.25, 0.3) is 10.9 Å². The highest BCUT2D eigenvalue weighted by Crippen LogP contribution is 2.30. The first kappa shape index (κ1) is 18.5. The highest BCUT2D eigenvalue weighted by Gasteiger charge is 2.18. The maximum Gasteiger partial charge on any atom is 0.237 e. The van der Waals surface area contributed by atoms with Crippen molar-refractivity contribution in [3.63, 3.8) is 0 Å². The van der Waals surface area contributed by atoms with Crippen molar-refractivity contribution in [1.29, 1.82) is 0 Å². The largest absolute Gasteiger partial charge is 0.495 e. The SMILES string of the molecule is COc1ccc(NC(=O)[C@H](C)Sc2nc(C)nc3ccccc23)cc1Cl. The molecule has 0 unspecified atom stereocenters. The number of nitrogens with zero attached hydrogens (tertiary/aromatic N) is 2. The van der Waals surface area contributed by atoms with E-state index in [0.29, 0.717) is 22.3 Å². The van der Waals surface area contributed by atoms with E-state index in [0.717, 1.165) is 15.9 Å². The fraction of sp³-hybridized carbons (Fsp3) is 0.211. The number of nitrogens with one attached hydrogen (secondary N) is 1. The van der Waals surface area contributed by atoms with E-state index in [4.69, 9.17) is 16.3 Å². The van der Waals surface area contributed by atoms with Gasteiger partial charge in [0.05, 0.1) is 22.9 Å². The summed E-state index contributed by atoms with van der Waals surface area (Å²) in [4.78, 5) is 21.5. The number of benzene rings is 2. The number of para-hydroxylation sites is 1. The second kappa shape index (κ2) is 7.93. The zero-order valence-corrected chi connectivity index (χ0v) is 16.2. The van der Waals surface area contributed by atoms with Gasteiger partial charge in [0.1, 0.15) is 16.6 Å². The highest BCUT2D eigenvalue weighted by atomic mass is 35.5.